The average molecular weight is 423 g/mol. The van der Waals surface area contributed by atoms with Crippen molar-refractivity contribution >= 4 is 17.4 Å². The molecule has 0 aliphatic rings. The van der Waals surface area contributed by atoms with Crippen molar-refractivity contribution in [1.82, 2.24) is 9.97 Å². The zero-order valence-electron chi connectivity index (χ0n) is 17.7. The van der Waals surface area contributed by atoms with Crippen molar-refractivity contribution in [2.24, 2.45) is 0 Å². The van der Waals surface area contributed by atoms with Gasteiger partial charge >= 0.3 is 5.97 Å². The summed E-state index contributed by atoms with van der Waals surface area (Å²) in [5.74, 6) is -1.79. The quantitative estimate of drug-likeness (QED) is 0.448. The Balaban J connectivity index is 1.92. The number of hydrogen-bond acceptors (Lipinski definition) is 5. The number of rotatable bonds is 6. The molecule has 0 atom stereocenters. The number of ketones is 1. The number of carbonyl (C=O) groups is 2. The van der Waals surface area contributed by atoms with Gasteiger partial charge in [-0.1, -0.05) is 60.7 Å². The first kappa shape index (κ1) is 20.9. The van der Waals surface area contributed by atoms with Gasteiger partial charge in [-0.3, -0.25) is 4.79 Å². The third kappa shape index (κ3) is 4.11. The third-order valence-electron chi connectivity index (χ3n) is 5.05. The molecule has 1 aromatic heterocycles. The van der Waals surface area contributed by atoms with Gasteiger partial charge < -0.3 is 10.0 Å². The molecule has 4 rings (SSSR count). The lowest BCUT2D eigenvalue weighted by atomic mass is 10.0. The molecule has 0 aliphatic carbocycles. The van der Waals surface area contributed by atoms with E-state index in [1.807, 2.05) is 79.7 Å². The molecule has 1 N–H and O–H groups in total. The highest BCUT2D eigenvalue weighted by molar-refractivity contribution is 6.13. The Morgan fingerprint density at radius 3 is 1.59 bits per heavy atom. The first-order valence-electron chi connectivity index (χ1n) is 10.0. The molecule has 0 saturated heterocycles. The minimum absolute atomic E-state index is 0.186. The molecule has 0 fully saturated rings. The van der Waals surface area contributed by atoms with Gasteiger partial charge in [0.15, 0.2) is 5.69 Å². The number of nitrogens with zero attached hydrogens (tertiary/aromatic N) is 3. The van der Waals surface area contributed by atoms with E-state index < -0.39 is 11.8 Å². The minimum Gasteiger partial charge on any atom is -0.476 e. The van der Waals surface area contributed by atoms with Crippen LogP contribution in [0.15, 0.2) is 84.9 Å². The first-order valence-corrected chi connectivity index (χ1v) is 10.0. The van der Waals surface area contributed by atoms with Crippen LogP contribution in [0.5, 0.6) is 0 Å². The van der Waals surface area contributed by atoms with Crippen molar-refractivity contribution in [3.8, 4) is 22.5 Å². The maximum absolute atomic E-state index is 13.3. The predicted molar refractivity (Wildman–Crippen MR) is 124 cm³/mol. The van der Waals surface area contributed by atoms with Gasteiger partial charge in [0.25, 0.3) is 0 Å². The van der Waals surface area contributed by atoms with Gasteiger partial charge in [-0.05, 0) is 24.3 Å². The Bertz CT molecular complexity index is 1270. The Hall–Kier alpha value is -4.32. The van der Waals surface area contributed by atoms with Gasteiger partial charge in [0, 0.05) is 36.5 Å². The molecule has 0 unspecified atom stereocenters. The van der Waals surface area contributed by atoms with Crippen LogP contribution in [0.2, 0.25) is 0 Å². The molecule has 3 aromatic carbocycles. The molecule has 0 spiro atoms. The number of carboxylic acid groups (broad SMARTS) is 1. The Kier molecular flexibility index (Phi) is 5.77. The molecule has 0 saturated carbocycles. The summed E-state index contributed by atoms with van der Waals surface area (Å²) in [4.78, 5) is 36.3. The van der Waals surface area contributed by atoms with Gasteiger partial charge in [0.05, 0.1) is 11.4 Å². The summed E-state index contributed by atoms with van der Waals surface area (Å²) >= 11 is 0. The van der Waals surface area contributed by atoms with Crippen LogP contribution in [0, 0.1) is 0 Å². The Labute approximate surface area is 185 Å². The number of benzene rings is 3. The van der Waals surface area contributed by atoms with Crippen LogP contribution in [0.4, 0.5) is 5.69 Å². The fraction of sp³-hybridized carbons (Fsp3) is 0.0769. The van der Waals surface area contributed by atoms with Gasteiger partial charge in [-0.2, -0.15) is 0 Å². The molecule has 0 aliphatic heterocycles. The summed E-state index contributed by atoms with van der Waals surface area (Å²) in [7, 11) is 3.80. The Morgan fingerprint density at radius 1 is 0.688 bits per heavy atom. The van der Waals surface area contributed by atoms with E-state index in [-0.39, 0.29) is 11.4 Å². The highest BCUT2D eigenvalue weighted by atomic mass is 16.4. The van der Waals surface area contributed by atoms with E-state index in [2.05, 4.69) is 9.97 Å². The van der Waals surface area contributed by atoms with Crippen molar-refractivity contribution in [1.29, 1.82) is 0 Å². The van der Waals surface area contributed by atoms with Crippen molar-refractivity contribution < 1.29 is 14.7 Å². The lowest BCUT2D eigenvalue weighted by molar-refractivity contribution is 0.0685. The molecular formula is C26H21N3O3. The zero-order chi connectivity index (χ0) is 22.7. The van der Waals surface area contributed by atoms with Gasteiger partial charge in [0.1, 0.15) is 5.69 Å². The van der Waals surface area contributed by atoms with E-state index in [1.54, 1.807) is 24.3 Å². The summed E-state index contributed by atoms with van der Waals surface area (Å²) < 4.78 is 0. The topological polar surface area (TPSA) is 83.4 Å². The van der Waals surface area contributed by atoms with Crippen LogP contribution < -0.4 is 4.90 Å². The van der Waals surface area contributed by atoms with Gasteiger partial charge in [-0.25, -0.2) is 14.8 Å². The van der Waals surface area contributed by atoms with E-state index >= 15 is 0 Å². The maximum Gasteiger partial charge on any atom is 0.356 e. The fourth-order valence-corrected chi connectivity index (χ4v) is 3.39. The van der Waals surface area contributed by atoms with Crippen molar-refractivity contribution in [3.05, 3.63) is 102 Å². The fourth-order valence-electron chi connectivity index (χ4n) is 3.39. The molecule has 0 bridgehead atoms. The molecule has 0 radical (unpaired) electrons. The third-order valence-corrected chi connectivity index (χ3v) is 5.05. The molecule has 6 heteroatoms. The smallest absolute Gasteiger partial charge is 0.356 e. The molecule has 6 nitrogen and oxygen atoms in total. The van der Waals surface area contributed by atoms with E-state index in [4.69, 9.17) is 0 Å². The largest absolute Gasteiger partial charge is 0.476 e. The van der Waals surface area contributed by atoms with Gasteiger partial charge in [0.2, 0.25) is 5.78 Å². The standard InChI is InChI=1S/C26H21N3O3/c1-29(2)20-15-13-19(14-16-20)25(30)23-24(26(31)32)28-22(18-11-7-4-8-12-18)21(27-23)17-9-5-3-6-10-17/h3-16H,1-2H3,(H,31,32). The average Bonchev–Trinajstić information content (AvgIpc) is 2.84. The number of aromatic nitrogens is 2. The lowest BCUT2D eigenvalue weighted by Gasteiger charge is -2.14. The molecule has 0 amide bonds. The molecule has 4 aromatic rings. The number of aromatic carboxylic acids is 1. The second-order valence-electron chi connectivity index (χ2n) is 7.43. The van der Waals surface area contributed by atoms with Crippen LogP contribution in [0.1, 0.15) is 26.5 Å². The van der Waals surface area contributed by atoms with Crippen LogP contribution in [-0.2, 0) is 0 Å². The highest BCUT2D eigenvalue weighted by Crippen LogP contribution is 2.30. The van der Waals surface area contributed by atoms with E-state index in [0.717, 1.165) is 16.8 Å². The second kappa shape index (κ2) is 8.81. The summed E-state index contributed by atoms with van der Waals surface area (Å²) in [5, 5.41) is 9.85. The zero-order valence-corrected chi connectivity index (χ0v) is 17.7. The van der Waals surface area contributed by atoms with E-state index in [0.29, 0.717) is 17.0 Å². The number of carboxylic acids is 1. The van der Waals surface area contributed by atoms with Crippen molar-refractivity contribution in [3.63, 3.8) is 0 Å². The normalized spacial score (nSPS) is 10.6. The second-order valence-corrected chi connectivity index (χ2v) is 7.43. The summed E-state index contributed by atoms with van der Waals surface area (Å²) in [6, 6.07) is 25.5. The minimum atomic E-state index is -1.30. The number of hydrogen-bond donors (Lipinski definition) is 1. The van der Waals surface area contributed by atoms with Crippen LogP contribution in [-0.4, -0.2) is 40.9 Å². The number of carbonyl (C=O) groups excluding carboxylic acids is 1. The van der Waals surface area contributed by atoms with E-state index in [9.17, 15) is 14.7 Å². The Morgan fingerprint density at radius 2 is 1.16 bits per heavy atom. The lowest BCUT2D eigenvalue weighted by Crippen LogP contribution is -2.16. The van der Waals surface area contributed by atoms with Crippen molar-refractivity contribution in [2.45, 2.75) is 0 Å². The van der Waals surface area contributed by atoms with Crippen LogP contribution in [0.3, 0.4) is 0 Å². The molecule has 32 heavy (non-hydrogen) atoms. The molecule has 158 valence electrons. The predicted octanol–water partition coefficient (Wildman–Crippen LogP) is 4.81. The van der Waals surface area contributed by atoms with Gasteiger partial charge in [-0.15, -0.1) is 0 Å². The maximum atomic E-state index is 13.3. The summed E-state index contributed by atoms with van der Waals surface area (Å²) in [6.45, 7) is 0. The summed E-state index contributed by atoms with van der Waals surface area (Å²) in [6.07, 6.45) is 0. The number of anilines is 1. The monoisotopic (exact) mass is 423 g/mol. The molecule has 1 heterocycles. The first-order chi connectivity index (χ1) is 15.5. The molecular weight excluding hydrogens is 402 g/mol. The van der Waals surface area contributed by atoms with Crippen LogP contribution in [0.25, 0.3) is 22.5 Å². The summed E-state index contributed by atoms with van der Waals surface area (Å²) in [5.41, 5.74) is 3.04. The van der Waals surface area contributed by atoms with Crippen molar-refractivity contribution in [2.75, 3.05) is 19.0 Å². The SMILES string of the molecule is CN(C)c1ccc(C(=O)c2nc(-c3ccccc3)c(-c3ccccc3)nc2C(=O)O)cc1. The van der Waals surface area contributed by atoms with Crippen LogP contribution >= 0.6 is 0 Å². The van der Waals surface area contributed by atoms with E-state index in [1.165, 1.54) is 0 Å². The highest BCUT2D eigenvalue weighted by Gasteiger charge is 2.25.